The van der Waals surface area contributed by atoms with Crippen molar-refractivity contribution < 1.29 is 32.6 Å². The maximum atomic E-state index is 13.1. The zero-order valence-electron chi connectivity index (χ0n) is 22.1. The molecule has 2 heterocycles. The van der Waals surface area contributed by atoms with Crippen molar-refractivity contribution in [1.29, 1.82) is 0 Å². The highest BCUT2D eigenvalue weighted by Gasteiger charge is 2.37. The van der Waals surface area contributed by atoms with Crippen LogP contribution in [0.3, 0.4) is 0 Å². The minimum atomic E-state index is -3.94. The van der Waals surface area contributed by atoms with Gasteiger partial charge in [0.05, 0.1) is 17.6 Å². The number of nitrogens with zero attached hydrogens (tertiary/aromatic N) is 1. The van der Waals surface area contributed by atoms with E-state index in [-0.39, 0.29) is 59.4 Å². The fraction of sp³-hybridized carbons (Fsp3) is 0.357. The van der Waals surface area contributed by atoms with Crippen molar-refractivity contribution >= 4 is 27.5 Å². The summed E-state index contributed by atoms with van der Waals surface area (Å²) < 4.78 is 33.5. The van der Waals surface area contributed by atoms with E-state index in [2.05, 4.69) is 9.71 Å². The molecule has 0 spiro atoms. The van der Waals surface area contributed by atoms with E-state index >= 15 is 0 Å². The second kappa shape index (κ2) is 12.6. The number of benzene rings is 1. The zero-order valence-corrected chi connectivity index (χ0v) is 22.9. The Morgan fingerprint density at radius 2 is 1.80 bits per heavy atom. The number of aromatic nitrogens is 1. The van der Waals surface area contributed by atoms with Gasteiger partial charge in [-0.15, -0.1) is 0 Å². The molecule has 7 N–H and O–H groups in total. The molecule has 0 radical (unpaired) electrons. The topological polar surface area (TPSA) is 216 Å². The number of aliphatic carboxylic acids is 1. The molecule has 0 saturated heterocycles. The summed E-state index contributed by atoms with van der Waals surface area (Å²) in [4.78, 5) is 40.1. The number of sulfonamides is 1. The smallest absolute Gasteiger partial charge is 0.343 e. The van der Waals surface area contributed by atoms with Crippen molar-refractivity contribution in [3.8, 4) is 5.75 Å². The van der Waals surface area contributed by atoms with E-state index in [9.17, 15) is 27.9 Å². The van der Waals surface area contributed by atoms with E-state index in [1.807, 2.05) is 0 Å². The van der Waals surface area contributed by atoms with E-state index in [0.717, 1.165) is 12.8 Å². The van der Waals surface area contributed by atoms with Crippen molar-refractivity contribution in [2.24, 2.45) is 17.4 Å². The van der Waals surface area contributed by atoms with E-state index < -0.39 is 45.4 Å². The van der Waals surface area contributed by atoms with E-state index in [1.54, 1.807) is 36.4 Å². The highest BCUT2D eigenvalue weighted by molar-refractivity contribution is 7.92. The normalized spacial score (nSPS) is 15.6. The average molecular weight is 585 g/mol. The van der Waals surface area contributed by atoms with Crippen LogP contribution in [0.4, 0.5) is 5.69 Å². The van der Waals surface area contributed by atoms with Gasteiger partial charge in [0.1, 0.15) is 11.5 Å². The lowest BCUT2D eigenvalue weighted by Crippen LogP contribution is -2.43. The number of nitrogens with one attached hydrogen (secondary N) is 1. The lowest BCUT2D eigenvalue weighted by atomic mass is 9.87. The third-order valence-electron chi connectivity index (χ3n) is 6.93. The summed E-state index contributed by atoms with van der Waals surface area (Å²) in [6, 6.07) is 10.5. The molecule has 1 aliphatic rings. The average Bonchev–Trinajstić information content (AvgIpc) is 3.77. The Kier molecular flexibility index (Phi) is 9.21. The van der Waals surface area contributed by atoms with Crippen molar-refractivity contribution in [3.05, 3.63) is 82.0 Å². The Hall–Kier alpha value is -4.07. The van der Waals surface area contributed by atoms with Gasteiger partial charge in [0.25, 0.3) is 10.0 Å². The van der Waals surface area contributed by atoms with Gasteiger partial charge in [-0.05, 0) is 61.4 Å². The molecule has 41 heavy (non-hydrogen) atoms. The third kappa shape index (κ3) is 7.57. The van der Waals surface area contributed by atoms with Crippen LogP contribution < -0.4 is 21.8 Å². The van der Waals surface area contributed by atoms with Crippen LogP contribution in [-0.4, -0.2) is 47.5 Å². The standard InChI is InChI=1S/C28H32N4O8S/c29-20(27(36)21(30)11-12-24(34)35)10-9-19-15-22(33)26(28(37)40-19)25(16-7-8-16)17-4-3-5-18(14-17)32-41(38,39)23-6-1-2-13-31-23/h1-6,13-16,20-21,25,32-33H,7-12,29-30H2,(H,34,35)/t20?,21-,25?/m0/s1. The van der Waals surface area contributed by atoms with Gasteiger partial charge in [-0.1, -0.05) is 18.2 Å². The van der Waals surface area contributed by atoms with Gasteiger partial charge in [-0.2, -0.15) is 8.42 Å². The SMILES string of the molecule is NC(CCc1cc(O)c(C(c2cccc(NS(=O)(=O)c3ccccn3)c2)C2CC2)c(=O)o1)C(=O)[C@@H](N)CCC(=O)O. The Balaban J connectivity index is 1.51. The number of carbonyl (C=O) groups is 2. The number of aromatic hydroxyl groups is 1. The number of anilines is 1. The van der Waals surface area contributed by atoms with Gasteiger partial charge >= 0.3 is 11.6 Å². The van der Waals surface area contributed by atoms with Crippen LogP contribution in [0.15, 0.2) is 69.0 Å². The quantitative estimate of drug-likeness (QED) is 0.185. The first-order valence-corrected chi connectivity index (χ1v) is 14.6. The maximum absolute atomic E-state index is 13.1. The molecule has 0 bridgehead atoms. The molecule has 0 amide bonds. The molecule has 1 aliphatic carbocycles. The van der Waals surface area contributed by atoms with Gasteiger partial charge in [-0.3, -0.25) is 14.3 Å². The number of rotatable bonds is 14. The van der Waals surface area contributed by atoms with E-state index in [4.69, 9.17) is 21.0 Å². The summed E-state index contributed by atoms with van der Waals surface area (Å²) in [6.45, 7) is 0. The minimum absolute atomic E-state index is 0.0409. The number of pyridine rings is 1. The predicted octanol–water partition coefficient (Wildman–Crippen LogP) is 2.10. The number of hydrogen-bond donors (Lipinski definition) is 5. The first-order valence-electron chi connectivity index (χ1n) is 13.1. The van der Waals surface area contributed by atoms with Crippen LogP contribution in [0.2, 0.25) is 0 Å². The van der Waals surface area contributed by atoms with Gasteiger partial charge in [0.2, 0.25) is 0 Å². The largest absolute Gasteiger partial charge is 0.507 e. The molecule has 1 fully saturated rings. The molecule has 0 aliphatic heterocycles. The number of carbonyl (C=O) groups excluding carboxylic acids is 1. The van der Waals surface area contributed by atoms with Crippen LogP contribution in [0, 0.1) is 5.92 Å². The molecular weight excluding hydrogens is 552 g/mol. The summed E-state index contributed by atoms with van der Waals surface area (Å²) in [7, 11) is -3.94. The number of nitrogens with two attached hydrogens (primary N) is 2. The summed E-state index contributed by atoms with van der Waals surface area (Å²) in [5, 5.41) is 19.5. The second-order valence-electron chi connectivity index (χ2n) is 10.1. The van der Waals surface area contributed by atoms with Crippen LogP contribution in [0.1, 0.15) is 54.9 Å². The number of carboxylic acid groups (broad SMARTS) is 1. The maximum Gasteiger partial charge on any atom is 0.343 e. The summed E-state index contributed by atoms with van der Waals surface area (Å²) >= 11 is 0. The number of carboxylic acids is 1. The van der Waals surface area contributed by atoms with Crippen molar-refractivity contribution in [2.45, 2.75) is 61.6 Å². The van der Waals surface area contributed by atoms with E-state index in [0.29, 0.717) is 5.56 Å². The lowest BCUT2D eigenvalue weighted by molar-refractivity contribution is -0.137. The van der Waals surface area contributed by atoms with E-state index in [1.165, 1.54) is 18.3 Å². The Bertz CT molecular complexity index is 1570. The molecule has 1 saturated carbocycles. The van der Waals surface area contributed by atoms with Crippen LogP contribution in [0.25, 0.3) is 0 Å². The fourth-order valence-electron chi connectivity index (χ4n) is 4.70. The molecular formula is C28H32N4O8S. The number of ketones is 1. The van der Waals surface area contributed by atoms with Crippen LogP contribution in [-0.2, 0) is 26.0 Å². The summed E-state index contributed by atoms with van der Waals surface area (Å²) in [6.07, 6.45) is 2.85. The zero-order chi connectivity index (χ0) is 29.7. The number of hydrogen-bond acceptors (Lipinski definition) is 10. The van der Waals surface area contributed by atoms with Crippen LogP contribution in [0.5, 0.6) is 5.75 Å². The van der Waals surface area contributed by atoms with Crippen molar-refractivity contribution in [3.63, 3.8) is 0 Å². The third-order valence-corrected chi connectivity index (χ3v) is 8.23. The Morgan fingerprint density at radius 1 is 1.07 bits per heavy atom. The molecule has 13 heteroatoms. The highest BCUT2D eigenvalue weighted by atomic mass is 32.2. The van der Waals surface area contributed by atoms with Gasteiger partial charge in [0, 0.05) is 36.7 Å². The first kappa shape index (κ1) is 29.9. The van der Waals surface area contributed by atoms with Crippen LogP contribution >= 0.6 is 0 Å². The highest BCUT2D eigenvalue weighted by Crippen LogP contribution is 2.48. The molecule has 2 unspecified atom stereocenters. The van der Waals surface area contributed by atoms with Gasteiger partial charge in [0.15, 0.2) is 10.8 Å². The van der Waals surface area contributed by atoms with Gasteiger partial charge in [-0.25, -0.2) is 9.78 Å². The Labute approximate surface area is 236 Å². The van der Waals surface area contributed by atoms with Crippen molar-refractivity contribution in [1.82, 2.24) is 4.98 Å². The number of Topliss-reactive ketones (excluding diaryl/α,β-unsaturated/α-hetero) is 1. The molecule has 218 valence electrons. The summed E-state index contributed by atoms with van der Waals surface area (Å²) in [5.74, 6) is -2.19. The lowest BCUT2D eigenvalue weighted by Gasteiger charge is -2.19. The molecule has 3 aromatic rings. The second-order valence-corrected chi connectivity index (χ2v) is 11.7. The minimum Gasteiger partial charge on any atom is -0.507 e. The Morgan fingerprint density at radius 3 is 2.44 bits per heavy atom. The first-order chi connectivity index (χ1) is 19.5. The van der Waals surface area contributed by atoms with Crippen molar-refractivity contribution in [2.75, 3.05) is 4.72 Å². The number of aryl methyl sites for hydroxylation is 1. The van der Waals surface area contributed by atoms with Gasteiger partial charge < -0.3 is 26.1 Å². The molecule has 3 atom stereocenters. The molecule has 4 rings (SSSR count). The predicted molar refractivity (Wildman–Crippen MR) is 149 cm³/mol. The molecule has 2 aromatic heterocycles. The monoisotopic (exact) mass is 584 g/mol. The molecule has 12 nitrogen and oxygen atoms in total. The summed E-state index contributed by atoms with van der Waals surface area (Å²) in [5.41, 5.74) is 11.9. The fourth-order valence-corrected chi connectivity index (χ4v) is 5.70. The molecule has 1 aromatic carbocycles.